The predicted molar refractivity (Wildman–Crippen MR) is 107 cm³/mol. The van der Waals surface area contributed by atoms with Gasteiger partial charge in [0, 0.05) is 27.4 Å². The molecular weight excluding hydrogens is 327 g/mol. The molecule has 1 aromatic carbocycles. The summed E-state index contributed by atoms with van der Waals surface area (Å²) in [5.41, 5.74) is 8.64. The molecule has 0 heterocycles. The zero-order chi connectivity index (χ0) is 20.4. The van der Waals surface area contributed by atoms with Gasteiger partial charge < -0.3 is 9.47 Å². The zero-order valence-electron chi connectivity index (χ0n) is 16.4. The molecule has 9 heteroatoms. The third-order valence-electron chi connectivity index (χ3n) is 2.65. The molecule has 1 rings (SSSR count). The van der Waals surface area contributed by atoms with E-state index in [-0.39, 0.29) is 12.0 Å². The second-order valence-electron chi connectivity index (χ2n) is 7.51. The summed E-state index contributed by atoms with van der Waals surface area (Å²) in [5.74, 6) is 0.226. The van der Waals surface area contributed by atoms with Gasteiger partial charge in [0.2, 0.25) is 0 Å². The van der Waals surface area contributed by atoms with Crippen LogP contribution in [0.5, 0.6) is 5.75 Å². The lowest BCUT2D eigenvalue weighted by Gasteiger charge is -2.22. The Morgan fingerprint density at radius 3 is 2.04 bits per heavy atom. The smallest absolute Gasteiger partial charge is 0.315 e. The molecule has 0 unspecified atom stereocenters. The highest BCUT2D eigenvalue weighted by Gasteiger charge is 2.24. The molecule has 0 amide bonds. The highest BCUT2D eigenvalue weighted by Crippen LogP contribution is 2.20. The number of hydrogen-bond acceptors (Lipinski definition) is 4. The number of esters is 1. The maximum absolute atomic E-state index is 12.1. The molecule has 0 aliphatic carbocycles. The molecule has 1 aromatic rings. The van der Waals surface area contributed by atoms with Gasteiger partial charge in [0.1, 0.15) is 23.0 Å². The van der Waals surface area contributed by atoms with Crippen LogP contribution in [-0.4, -0.2) is 45.7 Å². The molecule has 0 aliphatic rings. The van der Waals surface area contributed by atoms with Crippen molar-refractivity contribution < 1.29 is 14.3 Å². The molecule has 0 saturated carbocycles. The first-order valence-corrected chi connectivity index (χ1v) is 8.22. The van der Waals surface area contributed by atoms with Crippen LogP contribution in [-0.2, 0) is 16.0 Å². The van der Waals surface area contributed by atoms with Crippen LogP contribution in [0.15, 0.2) is 29.4 Å². The lowest BCUT2D eigenvalue weighted by atomic mass is 9.40. The van der Waals surface area contributed by atoms with Crippen LogP contribution in [0.2, 0.25) is 0 Å². The third kappa shape index (κ3) is 11.5. The van der Waals surface area contributed by atoms with E-state index in [1.54, 1.807) is 20.8 Å². The molecule has 0 aliphatic heterocycles. The summed E-state index contributed by atoms with van der Waals surface area (Å²) in [6.07, 6.45) is 0.286. The van der Waals surface area contributed by atoms with Crippen LogP contribution in [0.4, 0.5) is 0 Å². The van der Waals surface area contributed by atoms with E-state index in [0.29, 0.717) is 0 Å². The van der Waals surface area contributed by atoms with Crippen molar-refractivity contribution in [3.63, 3.8) is 0 Å². The fourth-order valence-electron chi connectivity index (χ4n) is 1.87. The molecule has 0 spiro atoms. The minimum Gasteiger partial charge on any atom is -0.488 e. The largest absolute Gasteiger partial charge is 0.488 e. The predicted octanol–water partition coefficient (Wildman–Crippen LogP) is 3.28. The van der Waals surface area contributed by atoms with E-state index in [4.69, 9.17) is 15.0 Å². The second-order valence-corrected chi connectivity index (χ2v) is 7.51. The number of ether oxygens (including phenoxy) is 2. The number of azide groups is 1. The van der Waals surface area contributed by atoms with Gasteiger partial charge in [-0.05, 0) is 71.2 Å². The van der Waals surface area contributed by atoms with Gasteiger partial charge in [0.15, 0.2) is 0 Å². The number of hydrogen-bond donors (Lipinski definition) is 0. The summed E-state index contributed by atoms with van der Waals surface area (Å²) < 4.78 is 11.0. The first-order valence-electron chi connectivity index (χ1n) is 8.22. The third-order valence-corrected chi connectivity index (χ3v) is 2.65. The highest BCUT2D eigenvalue weighted by molar-refractivity contribution is 7.17. The van der Waals surface area contributed by atoms with E-state index in [1.807, 2.05) is 45.0 Å². The number of carbonyl (C=O) groups is 1. The second kappa shape index (κ2) is 10.9. The van der Waals surface area contributed by atoms with Gasteiger partial charge in [-0.2, -0.15) is 0 Å². The average Bonchev–Trinajstić information content (AvgIpc) is 2.46. The number of rotatable bonds is 5. The van der Waals surface area contributed by atoms with Crippen molar-refractivity contribution in [1.82, 2.24) is 0 Å². The van der Waals surface area contributed by atoms with Crippen molar-refractivity contribution >= 4 is 28.5 Å². The van der Waals surface area contributed by atoms with Gasteiger partial charge in [0.05, 0.1) is 0 Å². The topological polar surface area (TPSA) is 84.3 Å². The summed E-state index contributed by atoms with van der Waals surface area (Å²) in [6, 6.07) is 6.50. The Morgan fingerprint density at radius 2 is 1.65 bits per heavy atom. The quantitative estimate of drug-likeness (QED) is 0.268. The fraction of sp³-hybridized carbons (Fsp3) is 0.588. The van der Waals surface area contributed by atoms with Gasteiger partial charge in [0.25, 0.3) is 0 Å². The molecule has 0 N–H and O–H groups in total. The van der Waals surface area contributed by atoms with Crippen LogP contribution in [0, 0.1) is 0 Å². The minimum atomic E-state index is -0.881. The Bertz CT molecular complexity index is 604. The molecule has 6 nitrogen and oxygen atoms in total. The molecule has 0 fully saturated rings. The highest BCUT2D eigenvalue weighted by atomic mass is 16.6. The maximum atomic E-state index is 12.1. The Hall–Kier alpha value is -2.01. The summed E-state index contributed by atoms with van der Waals surface area (Å²) in [7, 11) is 10.0. The van der Waals surface area contributed by atoms with Crippen molar-refractivity contribution in [3.05, 3.63) is 40.3 Å². The summed E-state index contributed by atoms with van der Waals surface area (Å²) >= 11 is 0. The molecule has 1 atom stereocenters. The zero-order valence-corrected chi connectivity index (χ0v) is 16.4. The van der Waals surface area contributed by atoms with Crippen LogP contribution in [0.1, 0.15) is 47.1 Å². The first kappa shape index (κ1) is 24.0. The normalized spacial score (nSPS) is 11.9. The van der Waals surface area contributed by atoms with E-state index in [0.717, 1.165) is 18.4 Å². The van der Waals surface area contributed by atoms with Crippen molar-refractivity contribution in [2.75, 3.05) is 0 Å². The Morgan fingerprint density at radius 1 is 1.15 bits per heavy atom. The standard InChI is InChI=1S/C17H25N3O3.B3/c1-16(2,3)22-13-9-7-12(8-10-13)11-14(19-20-18)15(21)23-17(4,5)6;1-3-2/h7-10,14H,11H2,1-6H3;/t14-;/m0./s1. The van der Waals surface area contributed by atoms with E-state index >= 15 is 0 Å². The average molecular weight is 352 g/mol. The van der Waals surface area contributed by atoms with Gasteiger partial charge in [-0.1, -0.05) is 17.2 Å². The summed E-state index contributed by atoms with van der Waals surface area (Å²) in [5, 5.41) is 3.56. The maximum Gasteiger partial charge on any atom is 0.315 e. The molecule has 0 saturated heterocycles. The van der Waals surface area contributed by atoms with Gasteiger partial charge in [-0.15, -0.1) is 0 Å². The number of benzene rings is 1. The first-order chi connectivity index (χ1) is 11.9. The van der Waals surface area contributed by atoms with Gasteiger partial charge in [-0.25, -0.2) is 0 Å². The van der Waals surface area contributed by atoms with E-state index < -0.39 is 17.6 Å². The molecule has 0 aromatic heterocycles. The van der Waals surface area contributed by atoms with Gasteiger partial charge >= 0.3 is 5.97 Å². The van der Waals surface area contributed by atoms with Crippen molar-refractivity contribution in [2.45, 2.75) is 65.2 Å². The number of carbonyl (C=O) groups excluding carboxylic acids is 1. The SMILES string of the molecule is CC(C)(C)OC(=O)[C@H](Cc1ccc(OC(C)(C)C)cc1)N=[N+]=[N-].[B][B][B]. The molecule has 26 heavy (non-hydrogen) atoms. The lowest BCUT2D eigenvalue weighted by Crippen LogP contribution is -2.31. The van der Waals surface area contributed by atoms with Crippen molar-refractivity contribution in [3.8, 4) is 5.75 Å². The Kier molecular flexibility index (Phi) is 10.0. The Labute approximate surface area is 159 Å². The Balaban J connectivity index is 0.00000194. The van der Waals surface area contributed by atoms with Crippen molar-refractivity contribution in [1.29, 1.82) is 0 Å². The lowest BCUT2D eigenvalue weighted by molar-refractivity contribution is -0.156. The molecule has 0 bridgehead atoms. The summed E-state index contributed by atoms with van der Waals surface area (Å²) in [4.78, 5) is 14.8. The number of nitrogens with zero attached hydrogens (tertiary/aromatic N) is 3. The van der Waals surface area contributed by atoms with E-state index in [9.17, 15) is 4.79 Å². The van der Waals surface area contributed by atoms with E-state index in [1.165, 1.54) is 0 Å². The summed E-state index contributed by atoms with van der Waals surface area (Å²) in [6.45, 7) is 11.2. The van der Waals surface area contributed by atoms with Gasteiger partial charge in [-0.3, -0.25) is 4.79 Å². The monoisotopic (exact) mass is 352 g/mol. The molecular formula is C17H25B3N3O3. The molecule has 135 valence electrons. The van der Waals surface area contributed by atoms with Crippen LogP contribution >= 0.6 is 0 Å². The molecule has 5 radical (unpaired) electrons. The van der Waals surface area contributed by atoms with E-state index in [2.05, 4.69) is 25.5 Å². The fourth-order valence-corrected chi connectivity index (χ4v) is 1.87. The van der Waals surface area contributed by atoms with Crippen LogP contribution < -0.4 is 4.74 Å². The minimum absolute atomic E-state index is 0.272. The van der Waals surface area contributed by atoms with Crippen LogP contribution in [0.25, 0.3) is 10.4 Å². The van der Waals surface area contributed by atoms with Crippen LogP contribution in [0.3, 0.4) is 0 Å². The van der Waals surface area contributed by atoms with Crippen molar-refractivity contribution in [2.24, 2.45) is 5.11 Å².